The molecule has 1 saturated carbocycles. The van der Waals surface area contributed by atoms with Gasteiger partial charge >= 0.3 is 0 Å². The van der Waals surface area contributed by atoms with Crippen molar-refractivity contribution < 1.29 is 4.39 Å². The van der Waals surface area contributed by atoms with Crippen molar-refractivity contribution in [3.05, 3.63) is 30.1 Å². The molecule has 2 rings (SSSR count). The SMILES string of the molecule is CC1CCC(C(CN)Nc2cccc(F)c2)CC1. The average molecular weight is 250 g/mol. The quantitative estimate of drug-likeness (QED) is 0.859. The highest BCUT2D eigenvalue weighted by Gasteiger charge is 2.25. The van der Waals surface area contributed by atoms with Gasteiger partial charge in [0.25, 0.3) is 0 Å². The molecular formula is C15H23FN2. The van der Waals surface area contributed by atoms with Crippen LogP contribution in [0.15, 0.2) is 24.3 Å². The number of benzene rings is 1. The Morgan fingerprint density at radius 1 is 1.33 bits per heavy atom. The lowest BCUT2D eigenvalue weighted by molar-refractivity contribution is 0.265. The van der Waals surface area contributed by atoms with Gasteiger partial charge in [-0.05, 0) is 42.9 Å². The maximum atomic E-state index is 13.1. The van der Waals surface area contributed by atoms with Crippen molar-refractivity contribution in [2.45, 2.75) is 38.6 Å². The van der Waals surface area contributed by atoms with E-state index in [2.05, 4.69) is 12.2 Å². The molecule has 0 aliphatic heterocycles. The average Bonchev–Trinajstić information content (AvgIpc) is 2.37. The zero-order valence-electron chi connectivity index (χ0n) is 11.0. The lowest BCUT2D eigenvalue weighted by Gasteiger charge is -2.33. The van der Waals surface area contributed by atoms with Crippen LogP contribution >= 0.6 is 0 Å². The Morgan fingerprint density at radius 2 is 2.06 bits per heavy atom. The number of hydrogen-bond donors (Lipinski definition) is 2. The second-order valence-electron chi connectivity index (χ2n) is 5.52. The molecule has 0 bridgehead atoms. The molecule has 0 heterocycles. The summed E-state index contributed by atoms with van der Waals surface area (Å²) in [5.41, 5.74) is 6.71. The predicted molar refractivity (Wildman–Crippen MR) is 74.0 cm³/mol. The van der Waals surface area contributed by atoms with Crippen LogP contribution in [0, 0.1) is 17.7 Å². The molecule has 1 fully saturated rings. The summed E-state index contributed by atoms with van der Waals surface area (Å²) in [6, 6.07) is 6.89. The predicted octanol–water partition coefficient (Wildman–Crippen LogP) is 3.39. The van der Waals surface area contributed by atoms with Gasteiger partial charge in [0.15, 0.2) is 0 Å². The lowest BCUT2D eigenvalue weighted by atomic mass is 9.79. The second kappa shape index (κ2) is 6.19. The Kier molecular flexibility index (Phi) is 4.59. The summed E-state index contributed by atoms with van der Waals surface area (Å²) in [6.07, 6.45) is 5.02. The Morgan fingerprint density at radius 3 is 2.67 bits per heavy atom. The first-order chi connectivity index (χ1) is 8.69. The standard InChI is InChI=1S/C15H23FN2/c1-11-5-7-12(8-6-11)15(10-17)18-14-4-2-3-13(16)9-14/h2-4,9,11-12,15,18H,5-8,10,17H2,1H3. The maximum Gasteiger partial charge on any atom is 0.125 e. The van der Waals surface area contributed by atoms with Crippen molar-refractivity contribution >= 4 is 5.69 Å². The van der Waals surface area contributed by atoms with Crippen molar-refractivity contribution in [1.29, 1.82) is 0 Å². The van der Waals surface area contributed by atoms with E-state index in [0.29, 0.717) is 12.5 Å². The Balaban J connectivity index is 1.96. The third-order valence-corrected chi connectivity index (χ3v) is 4.06. The lowest BCUT2D eigenvalue weighted by Crippen LogP contribution is -2.38. The highest BCUT2D eigenvalue weighted by molar-refractivity contribution is 5.44. The normalized spacial score (nSPS) is 25.7. The highest BCUT2D eigenvalue weighted by Crippen LogP contribution is 2.31. The van der Waals surface area contributed by atoms with Gasteiger partial charge in [0.2, 0.25) is 0 Å². The van der Waals surface area contributed by atoms with E-state index in [-0.39, 0.29) is 11.9 Å². The van der Waals surface area contributed by atoms with E-state index >= 15 is 0 Å². The van der Waals surface area contributed by atoms with E-state index in [4.69, 9.17) is 5.73 Å². The molecule has 100 valence electrons. The third-order valence-electron chi connectivity index (χ3n) is 4.06. The molecule has 0 amide bonds. The molecule has 1 unspecified atom stereocenters. The van der Waals surface area contributed by atoms with E-state index in [0.717, 1.165) is 11.6 Å². The Bertz CT molecular complexity index is 373. The van der Waals surface area contributed by atoms with Crippen molar-refractivity contribution in [2.24, 2.45) is 17.6 Å². The summed E-state index contributed by atoms with van der Waals surface area (Å²) in [6.45, 7) is 2.92. The summed E-state index contributed by atoms with van der Waals surface area (Å²) in [4.78, 5) is 0. The summed E-state index contributed by atoms with van der Waals surface area (Å²) < 4.78 is 13.1. The van der Waals surface area contributed by atoms with Gasteiger partial charge in [0, 0.05) is 18.3 Å². The first-order valence-electron chi connectivity index (χ1n) is 6.91. The van der Waals surface area contributed by atoms with Crippen LogP contribution in [0.2, 0.25) is 0 Å². The van der Waals surface area contributed by atoms with Crippen molar-refractivity contribution in [1.82, 2.24) is 0 Å². The van der Waals surface area contributed by atoms with Crippen LogP contribution in [0.5, 0.6) is 0 Å². The fourth-order valence-electron chi connectivity index (χ4n) is 2.85. The molecule has 1 aromatic rings. The van der Waals surface area contributed by atoms with Crippen LogP contribution in [0.1, 0.15) is 32.6 Å². The van der Waals surface area contributed by atoms with Gasteiger partial charge in [-0.25, -0.2) is 4.39 Å². The summed E-state index contributed by atoms with van der Waals surface area (Å²) in [5.74, 6) is 1.26. The summed E-state index contributed by atoms with van der Waals surface area (Å²) in [7, 11) is 0. The van der Waals surface area contributed by atoms with Gasteiger partial charge in [-0.3, -0.25) is 0 Å². The molecule has 1 atom stereocenters. The number of rotatable bonds is 4. The smallest absolute Gasteiger partial charge is 0.125 e. The number of nitrogens with one attached hydrogen (secondary N) is 1. The first kappa shape index (κ1) is 13.3. The van der Waals surface area contributed by atoms with E-state index < -0.39 is 0 Å². The molecule has 2 nitrogen and oxygen atoms in total. The number of halogens is 1. The summed E-state index contributed by atoms with van der Waals surface area (Å²) >= 11 is 0. The van der Waals surface area contributed by atoms with Gasteiger partial charge in [0.1, 0.15) is 5.82 Å². The van der Waals surface area contributed by atoms with E-state index in [1.54, 1.807) is 6.07 Å². The van der Waals surface area contributed by atoms with Crippen LogP contribution in [-0.2, 0) is 0 Å². The maximum absolute atomic E-state index is 13.1. The molecule has 1 aromatic carbocycles. The van der Waals surface area contributed by atoms with Crippen molar-refractivity contribution in [3.63, 3.8) is 0 Å². The van der Waals surface area contributed by atoms with Crippen LogP contribution in [0.3, 0.4) is 0 Å². The van der Waals surface area contributed by atoms with Gasteiger partial charge < -0.3 is 11.1 Å². The third kappa shape index (κ3) is 3.45. The first-order valence-corrected chi connectivity index (χ1v) is 6.91. The molecular weight excluding hydrogens is 227 g/mol. The highest BCUT2D eigenvalue weighted by atomic mass is 19.1. The monoisotopic (exact) mass is 250 g/mol. The minimum atomic E-state index is -0.201. The molecule has 0 saturated heterocycles. The molecule has 0 radical (unpaired) electrons. The molecule has 1 aliphatic rings. The molecule has 1 aliphatic carbocycles. The number of hydrogen-bond acceptors (Lipinski definition) is 2. The van der Waals surface area contributed by atoms with Crippen LogP contribution in [0.4, 0.5) is 10.1 Å². The van der Waals surface area contributed by atoms with Gasteiger partial charge in [-0.2, -0.15) is 0 Å². The molecule has 0 spiro atoms. The second-order valence-corrected chi connectivity index (χ2v) is 5.52. The zero-order valence-corrected chi connectivity index (χ0v) is 11.0. The minimum absolute atomic E-state index is 0.201. The molecule has 18 heavy (non-hydrogen) atoms. The number of anilines is 1. The molecule has 3 heteroatoms. The van der Waals surface area contributed by atoms with Gasteiger partial charge in [-0.1, -0.05) is 25.8 Å². The van der Waals surface area contributed by atoms with Gasteiger partial charge in [0.05, 0.1) is 0 Å². The van der Waals surface area contributed by atoms with Crippen LogP contribution in [0.25, 0.3) is 0 Å². The topological polar surface area (TPSA) is 38.0 Å². The van der Waals surface area contributed by atoms with Crippen molar-refractivity contribution in [3.8, 4) is 0 Å². The largest absolute Gasteiger partial charge is 0.381 e. The van der Waals surface area contributed by atoms with Crippen LogP contribution in [-0.4, -0.2) is 12.6 Å². The van der Waals surface area contributed by atoms with E-state index in [9.17, 15) is 4.39 Å². The zero-order chi connectivity index (χ0) is 13.0. The molecule has 3 N–H and O–H groups in total. The minimum Gasteiger partial charge on any atom is -0.381 e. The van der Waals surface area contributed by atoms with Gasteiger partial charge in [-0.15, -0.1) is 0 Å². The van der Waals surface area contributed by atoms with E-state index in [1.807, 2.05) is 6.07 Å². The Hall–Kier alpha value is -1.09. The fourth-order valence-corrected chi connectivity index (χ4v) is 2.85. The summed E-state index contributed by atoms with van der Waals surface area (Å²) in [5, 5.41) is 3.39. The van der Waals surface area contributed by atoms with Crippen molar-refractivity contribution in [2.75, 3.05) is 11.9 Å². The Labute approximate surface area is 109 Å². The fraction of sp³-hybridized carbons (Fsp3) is 0.600. The molecule has 0 aromatic heterocycles. The van der Waals surface area contributed by atoms with Crippen LogP contribution < -0.4 is 11.1 Å². The van der Waals surface area contributed by atoms with E-state index in [1.165, 1.54) is 37.8 Å². The number of nitrogens with two attached hydrogens (primary N) is 1.